The standard InChI is InChI=1S/C6H10NP.Y/c8-6-5-7-3-1-2-4-7;/h1-4H,5-6,8H2;. The van der Waals surface area contributed by atoms with Gasteiger partial charge in [-0.15, -0.1) is 9.24 Å². The predicted octanol–water partition coefficient (Wildman–Crippen LogP) is 1.36. The summed E-state index contributed by atoms with van der Waals surface area (Å²) in [5.41, 5.74) is 0. The number of aromatic nitrogens is 1. The Morgan fingerprint density at radius 3 is 2.22 bits per heavy atom. The van der Waals surface area contributed by atoms with Crippen molar-refractivity contribution in [1.29, 1.82) is 0 Å². The van der Waals surface area contributed by atoms with Gasteiger partial charge >= 0.3 is 0 Å². The second-order valence-corrected chi connectivity index (χ2v) is 2.29. The Morgan fingerprint density at radius 2 is 1.78 bits per heavy atom. The van der Waals surface area contributed by atoms with Crippen LogP contribution in [-0.4, -0.2) is 10.7 Å². The number of nitrogens with zero attached hydrogens (tertiary/aromatic N) is 1. The minimum absolute atomic E-state index is 0. The zero-order valence-corrected chi connectivity index (χ0v) is 9.32. The molecule has 1 atom stereocenters. The molecule has 0 saturated carbocycles. The fourth-order valence-electron chi connectivity index (χ4n) is 0.668. The Hall–Kier alpha value is 0.814. The minimum atomic E-state index is 0. The smallest absolute Gasteiger partial charge is 0.0254 e. The summed E-state index contributed by atoms with van der Waals surface area (Å²) in [7, 11) is 2.70. The number of aryl methyl sites for hydroxylation is 1. The van der Waals surface area contributed by atoms with Crippen LogP contribution in [0.3, 0.4) is 0 Å². The summed E-state index contributed by atoms with van der Waals surface area (Å²) in [4.78, 5) is 0. The Morgan fingerprint density at radius 1 is 1.22 bits per heavy atom. The van der Waals surface area contributed by atoms with Crippen LogP contribution in [-0.2, 0) is 39.3 Å². The molecule has 1 radical (unpaired) electrons. The van der Waals surface area contributed by atoms with Gasteiger partial charge in [-0.2, -0.15) is 0 Å². The van der Waals surface area contributed by atoms with E-state index in [1.54, 1.807) is 0 Å². The summed E-state index contributed by atoms with van der Waals surface area (Å²) in [5.74, 6) is 0. The third-order valence-electron chi connectivity index (χ3n) is 1.05. The Kier molecular flexibility index (Phi) is 6.09. The van der Waals surface area contributed by atoms with Gasteiger partial charge in [-0.1, -0.05) is 0 Å². The zero-order chi connectivity index (χ0) is 5.82. The topological polar surface area (TPSA) is 4.93 Å². The van der Waals surface area contributed by atoms with Gasteiger partial charge in [0.25, 0.3) is 0 Å². The molecule has 0 aromatic carbocycles. The second-order valence-electron chi connectivity index (χ2n) is 1.71. The molecule has 0 aliphatic rings. The van der Waals surface area contributed by atoms with Gasteiger partial charge in [0.1, 0.15) is 0 Å². The van der Waals surface area contributed by atoms with Crippen molar-refractivity contribution in [2.75, 3.05) is 6.16 Å². The van der Waals surface area contributed by atoms with Crippen molar-refractivity contribution < 1.29 is 32.7 Å². The molecule has 0 aliphatic carbocycles. The van der Waals surface area contributed by atoms with E-state index in [-0.39, 0.29) is 32.7 Å². The molecule has 0 spiro atoms. The van der Waals surface area contributed by atoms with Crippen LogP contribution < -0.4 is 0 Å². The van der Waals surface area contributed by atoms with E-state index in [0.29, 0.717) is 0 Å². The predicted molar refractivity (Wildman–Crippen MR) is 39.0 cm³/mol. The molecule has 1 aromatic rings. The van der Waals surface area contributed by atoms with Gasteiger partial charge in [-0.25, -0.2) is 0 Å². The molecule has 1 nitrogen and oxygen atoms in total. The van der Waals surface area contributed by atoms with Crippen LogP contribution in [0, 0.1) is 0 Å². The van der Waals surface area contributed by atoms with Crippen LogP contribution in [0.5, 0.6) is 0 Å². The molecule has 0 saturated heterocycles. The molecule has 47 valence electrons. The van der Waals surface area contributed by atoms with E-state index in [9.17, 15) is 0 Å². The van der Waals surface area contributed by atoms with Gasteiger partial charge in [0, 0.05) is 51.6 Å². The number of hydrogen-bond acceptors (Lipinski definition) is 0. The molecule has 1 rings (SSSR count). The van der Waals surface area contributed by atoms with E-state index in [4.69, 9.17) is 0 Å². The third-order valence-corrected chi connectivity index (χ3v) is 1.31. The largest absolute Gasteiger partial charge is 0.354 e. The van der Waals surface area contributed by atoms with Crippen LogP contribution in [0.25, 0.3) is 0 Å². The van der Waals surface area contributed by atoms with E-state index >= 15 is 0 Å². The van der Waals surface area contributed by atoms with E-state index < -0.39 is 0 Å². The van der Waals surface area contributed by atoms with E-state index in [1.165, 1.54) is 0 Å². The Bertz CT molecular complexity index is 139. The minimum Gasteiger partial charge on any atom is -0.354 e. The first kappa shape index (κ1) is 9.81. The summed E-state index contributed by atoms with van der Waals surface area (Å²) < 4.78 is 2.16. The van der Waals surface area contributed by atoms with E-state index in [1.807, 2.05) is 12.1 Å². The molecule has 3 heteroatoms. The van der Waals surface area contributed by atoms with Crippen LogP contribution in [0.4, 0.5) is 0 Å². The van der Waals surface area contributed by atoms with Crippen molar-refractivity contribution in [2.45, 2.75) is 6.54 Å². The van der Waals surface area contributed by atoms with Gasteiger partial charge in [-0.3, -0.25) is 0 Å². The molecule has 1 heterocycles. The van der Waals surface area contributed by atoms with Crippen LogP contribution in [0.15, 0.2) is 24.5 Å². The van der Waals surface area contributed by atoms with Gasteiger partial charge in [0.2, 0.25) is 0 Å². The molecule has 0 aliphatic heterocycles. The van der Waals surface area contributed by atoms with Crippen molar-refractivity contribution >= 4 is 9.24 Å². The van der Waals surface area contributed by atoms with Gasteiger partial charge < -0.3 is 4.57 Å². The first-order valence-electron chi connectivity index (χ1n) is 2.74. The molecule has 0 fully saturated rings. The average molecular weight is 216 g/mol. The molecular formula is C6H10NPY. The first-order valence-corrected chi connectivity index (χ1v) is 3.56. The summed E-state index contributed by atoms with van der Waals surface area (Å²) in [6.45, 7) is 1.11. The molecule has 1 unspecified atom stereocenters. The quantitative estimate of drug-likeness (QED) is 0.658. The third kappa shape index (κ3) is 3.50. The van der Waals surface area contributed by atoms with Crippen molar-refractivity contribution in [2.24, 2.45) is 0 Å². The van der Waals surface area contributed by atoms with Gasteiger partial charge in [0.05, 0.1) is 0 Å². The van der Waals surface area contributed by atoms with Gasteiger partial charge in [0.15, 0.2) is 0 Å². The maximum atomic E-state index is 2.70. The first-order chi connectivity index (χ1) is 3.93. The van der Waals surface area contributed by atoms with Crippen LogP contribution >= 0.6 is 9.24 Å². The molecular weight excluding hydrogens is 206 g/mol. The SMILES string of the molecule is PCCn1cccc1.[Y]. The second kappa shape index (κ2) is 5.59. The number of rotatable bonds is 2. The molecule has 1 aromatic heterocycles. The normalized spacial score (nSPS) is 8.56. The van der Waals surface area contributed by atoms with Crippen molar-refractivity contribution in [1.82, 2.24) is 4.57 Å². The monoisotopic (exact) mass is 216 g/mol. The summed E-state index contributed by atoms with van der Waals surface area (Å²) in [6.07, 6.45) is 5.28. The fourth-order valence-corrected chi connectivity index (χ4v) is 0.966. The maximum absolute atomic E-state index is 2.70. The fraction of sp³-hybridized carbons (Fsp3) is 0.333. The summed E-state index contributed by atoms with van der Waals surface area (Å²) in [6, 6.07) is 4.08. The number of hydrogen-bond donors (Lipinski definition) is 0. The van der Waals surface area contributed by atoms with Crippen LogP contribution in [0.1, 0.15) is 0 Å². The summed E-state index contributed by atoms with van der Waals surface area (Å²) in [5, 5.41) is 0. The van der Waals surface area contributed by atoms with Crippen molar-refractivity contribution in [3.63, 3.8) is 0 Å². The van der Waals surface area contributed by atoms with E-state index in [0.717, 1.165) is 12.7 Å². The van der Waals surface area contributed by atoms with Crippen molar-refractivity contribution in [3.05, 3.63) is 24.5 Å². The molecule has 0 bridgehead atoms. The Labute approximate surface area is 83.3 Å². The molecule has 0 amide bonds. The van der Waals surface area contributed by atoms with Gasteiger partial charge in [-0.05, 0) is 18.3 Å². The molecule has 0 N–H and O–H groups in total. The van der Waals surface area contributed by atoms with E-state index in [2.05, 4.69) is 26.2 Å². The summed E-state index contributed by atoms with van der Waals surface area (Å²) >= 11 is 0. The maximum Gasteiger partial charge on any atom is 0.0254 e. The zero-order valence-electron chi connectivity index (χ0n) is 5.33. The molecule has 9 heavy (non-hydrogen) atoms. The Balaban J connectivity index is 0.000000640. The van der Waals surface area contributed by atoms with Crippen molar-refractivity contribution in [3.8, 4) is 0 Å². The average Bonchev–Trinajstić information content (AvgIpc) is 2.19. The van der Waals surface area contributed by atoms with Crippen LogP contribution in [0.2, 0.25) is 0 Å².